The Kier molecular flexibility index (Phi) is 9.56. The summed E-state index contributed by atoms with van der Waals surface area (Å²) < 4.78 is 12.0. The van der Waals surface area contributed by atoms with Crippen LogP contribution in [0.25, 0.3) is 0 Å². The highest BCUT2D eigenvalue weighted by molar-refractivity contribution is 5.42. The van der Waals surface area contributed by atoms with Crippen molar-refractivity contribution < 1.29 is 9.47 Å². The van der Waals surface area contributed by atoms with Gasteiger partial charge in [0.05, 0.1) is 6.61 Å². The third-order valence-corrected chi connectivity index (χ3v) is 8.35. The van der Waals surface area contributed by atoms with Gasteiger partial charge < -0.3 is 9.47 Å². The summed E-state index contributed by atoms with van der Waals surface area (Å²) >= 11 is 0. The highest BCUT2D eigenvalue weighted by atomic mass is 16.7. The summed E-state index contributed by atoms with van der Waals surface area (Å²) in [6, 6.07) is 46.3. The van der Waals surface area contributed by atoms with Gasteiger partial charge in [0.25, 0.3) is 0 Å². The van der Waals surface area contributed by atoms with Crippen LogP contribution in [0.2, 0.25) is 0 Å². The molecule has 0 N–H and O–H groups in total. The van der Waals surface area contributed by atoms with E-state index in [1.807, 2.05) is 0 Å². The molecule has 1 aliphatic rings. The van der Waals surface area contributed by atoms with Crippen LogP contribution in [0.5, 0.6) is 0 Å². The van der Waals surface area contributed by atoms with Crippen LogP contribution >= 0.6 is 0 Å². The zero-order valence-corrected chi connectivity index (χ0v) is 24.4. The molecule has 2 nitrogen and oxygen atoms in total. The fraction of sp³-hybridized carbons (Fsp3) is 0.250. The largest absolute Gasteiger partial charge is 0.353 e. The highest BCUT2D eigenvalue weighted by Crippen LogP contribution is 2.25. The van der Waals surface area contributed by atoms with Crippen molar-refractivity contribution >= 4 is 0 Å². The fourth-order valence-corrected chi connectivity index (χ4v) is 5.94. The summed E-state index contributed by atoms with van der Waals surface area (Å²) in [6.45, 7) is 1.40. The zero-order valence-electron chi connectivity index (χ0n) is 24.4. The van der Waals surface area contributed by atoms with Gasteiger partial charge in [0.2, 0.25) is 0 Å². The van der Waals surface area contributed by atoms with E-state index in [-0.39, 0.29) is 6.29 Å². The average molecular weight is 553 g/mol. The molecule has 0 spiro atoms. The number of rotatable bonds is 11. The van der Waals surface area contributed by atoms with Gasteiger partial charge in [-0.15, -0.1) is 0 Å². The molecule has 1 heterocycles. The van der Waals surface area contributed by atoms with Gasteiger partial charge in [-0.05, 0) is 95.0 Å². The monoisotopic (exact) mass is 552 g/mol. The molecule has 1 fully saturated rings. The van der Waals surface area contributed by atoms with Crippen LogP contribution in [0.4, 0.5) is 0 Å². The van der Waals surface area contributed by atoms with E-state index in [2.05, 4.69) is 127 Å². The van der Waals surface area contributed by atoms with E-state index in [9.17, 15) is 0 Å². The van der Waals surface area contributed by atoms with Gasteiger partial charge in [-0.1, -0.05) is 127 Å². The van der Waals surface area contributed by atoms with Crippen LogP contribution in [0.15, 0.2) is 127 Å². The van der Waals surface area contributed by atoms with Crippen LogP contribution in [0.1, 0.15) is 69.3 Å². The van der Waals surface area contributed by atoms with E-state index in [1.165, 1.54) is 56.5 Å². The van der Waals surface area contributed by atoms with Crippen molar-refractivity contribution in [2.45, 2.75) is 57.8 Å². The van der Waals surface area contributed by atoms with Crippen LogP contribution in [0, 0.1) is 0 Å². The molecule has 1 unspecified atom stereocenters. The summed E-state index contributed by atoms with van der Waals surface area (Å²) in [5, 5.41) is 0. The first-order valence-electron chi connectivity index (χ1n) is 15.4. The minimum Gasteiger partial charge on any atom is -0.353 e. The van der Waals surface area contributed by atoms with Crippen molar-refractivity contribution in [3.8, 4) is 0 Å². The smallest absolute Gasteiger partial charge is 0.158 e. The van der Waals surface area contributed by atoms with Gasteiger partial charge in [-0.3, -0.25) is 0 Å². The lowest BCUT2D eigenvalue weighted by Crippen LogP contribution is -2.22. The summed E-state index contributed by atoms with van der Waals surface area (Å²) in [7, 11) is 0. The first-order chi connectivity index (χ1) is 20.8. The number of ether oxygens (including phenoxy) is 2. The molecule has 0 saturated carbocycles. The average Bonchev–Trinajstić information content (AvgIpc) is 3.04. The number of hydrogen-bond acceptors (Lipinski definition) is 2. The van der Waals surface area contributed by atoms with E-state index < -0.39 is 0 Å². The maximum absolute atomic E-state index is 6.16. The molecule has 1 aliphatic heterocycles. The lowest BCUT2D eigenvalue weighted by Gasteiger charge is -2.23. The molecule has 1 saturated heterocycles. The SMILES string of the molecule is c1ccc(Cc2ccc(Cc3ccccc3Cc3ccccc3Cc3ccccc3COC3CCCCO3)cc2)cc1. The standard InChI is InChI=1S/C40H40O2/c1-2-12-31(13-3-1)26-32-21-23-33(24-22-32)27-34-14-4-5-15-35(34)28-36-16-6-7-17-37(36)29-38-18-8-9-19-39(38)30-42-40-20-10-11-25-41-40/h1-9,12-19,21-24,40H,10-11,20,25-30H2. The Bertz CT molecular complexity index is 1550. The second kappa shape index (κ2) is 14.3. The summed E-state index contributed by atoms with van der Waals surface area (Å²) in [5.41, 5.74) is 12.2. The van der Waals surface area contributed by atoms with Gasteiger partial charge in [0.1, 0.15) is 0 Å². The second-order valence-electron chi connectivity index (χ2n) is 11.4. The Morgan fingerprint density at radius 2 is 0.905 bits per heavy atom. The molecule has 0 bridgehead atoms. The second-order valence-corrected chi connectivity index (χ2v) is 11.4. The van der Waals surface area contributed by atoms with Crippen LogP contribution in [0.3, 0.4) is 0 Å². The third kappa shape index (κ3) is 7.64. The third-order valence-electron chi connectivity index (χ3n) is 8.35. The molecule has 0 amide bonds. The Morgan fingerprint density at radius 3 is 1.45 bits per heavy atom. The molecule has 1 atom stereocenters. The van der Waals surface area contributed by atoms with E-state index in [0.29, 0.717) is 6.61 Å². The zero-order chi connectivity index (χ0) is 28.4. The van der Waals surface area contributed by atoms with E-state index >= 15 is 0 Å². The highest BCUT2D eigenvalue weighted by Gasteiger charge is 2.15. The number of hydrogen-bond donors (Lipinski definition) is 0. The molecule has 212 valence electrons. The molecular formula is C40H40O2. The van der Waals surface area contributed by atoms with Crippen molar-refractivity contribution in [1.29, 1.82) is 0 Å². The van der Waals surface area contributed by atoms with Gasteiger partial charge in [0, 0.05) is 6.61 Å². The minimum absolute atomic E-state index is 0.0735. The first kappa shape index (κ1) is 28.2. The predicted molar refractivity (Wildman–Crippen MR) is 172 cm³/mol. The van der Waals surface area contributed by atoms with Crippen molar-refractivity contribution in [3.63, 3.8) is 0 Å². The Morgan fingerprint density at radius 1 is 0.452 bits per heavy atom. The van der Waals surface area contributed by atoms with Crippen molar-refractivity contribution in [3.05, 3.63) is 177 Å². The van der Waals surface area contributed by atoms with Gasteiger partial charge in [-0.2, -0.15) is 0 Å². The Labute approximate surface area is 251 Å². The van der Waals surface area contributed by atoms with E-state index in [0.717, 1.165) is 45.1 Å². The quantitative estimate of drug-likeness (QED) is 0.163. The number of benzene rings is 5. The molecule has 0 radical (unpaired) electrons. The molecule has 5 aromatic rings. The molecular weight excluding hydrogens is 512 g/mol. The van der Waals surface area contributed by atoms with E-state index in [4.69, 9.17) is 9.47 Å². The molecule has 0 aromatic heterocycles. The van der Waals surface area contributed by atoms with Gasteiger partial charge in [0.15, 0.2) is 6.29 Å². The Balaban J connectivity index is 1.15. The maximum Gasteiger partial charge on any atom is 0.158 e. The van der Waals surface area contributed by atoms with Crippen LogP contribution < -0.4 is 0 Å². The molecule has 42 heavy (non-hydrogen) atoms. The van der Waals surface area contributed by atoms with Gasteiger partial charge in [-0.25, -0.2) is 0 Å². The van der Waals surface area contributed by atoms with Crippen LogP contribution in [-0.4, -0.2) is 12.9 Å². The molecule has 2 heteroatoms. The molecule has 5 aromatic carbocycles. The van der Waals surface area contributed by atoms with Crippen LogP contribution in [-0.2, 0) is 41.8 Å². The lowest BCUT2D eigenvalue weighted by molar-refractivity contribution is -0.169. The first-order valence-corrected chi connectivity index (χ1v) is 15.4. The van der Waals surface area contributed by atoms with E-state index in [1.54, 1.807) is 0 Å². The summed E-state index contributed by atoms with van der Waals surface area (Å²) in [6.07, 6.45) is 6.96. The summed E-state index contributed by atoms with van der Waals surface area (Å²) in [4.78, 5) is 0. The summed E-state index contributed by atoms with van der Waals surface area (Å²) in [5.74, 6) is 0. The van der Waals surface area contributed by atoms with Crippen molar-refractivity contribution in [2.75, 3.05) is 6.61 Å². The Hall–Kier alpha value is -3.98. The fourth-order valence-electron chi connectivity index (χ4n) is 5.94. The maximum atomic E-state index is 6.16. The van der Waals surface area contributed by atoms with Crippen molar-refractivity contribution in [2.24, 2.45) is 0 Å². The minimum atomic E-state index is -0.0735. The topological polar surface area (TPSA) is 18.5 Å². The normalized spacial score (nSPS) is 15.0. The molecule has 0 aliphatic carbocycles. The lowest BCUT2D eigenvalue weighted by atomic mass is 9.90. The predicted octanol–water partition coefficient (Wildman–Crippen LogP) is 9.09. The van der Waals surface area contributed by atoms with Crippen molar-refractivity contribution in [1.82, 2.24) is 0 Å². The molecule has 6 rings (SSSR count). The van der Waals surface area contributed by atoms with Gasteiger partial charge >= 0.3 is 0 Å².